The second-order valence-corrected chi connectivity index (χ2v) is 3.97. The van der Waals surface area contributed by atoms with Crippen molar-refractivity contribution < 1.29 is 9.90 Å². The van der Waals surface area contributed by atoms with Crippen LogP contribution < -0.4 is 5.32 Å². The molecule has 0 spiro atoms. The van der Waals surface area contributed by atoms with Crippen LogP contribution >= 0.6 is 0 Å². The molecule has 1 atom stereocenters. The van der Waals surface area contributed by atoms with Crippen LogP contribution in [0.3, 0.4) is 0 Å². The summed E-state index contributed by atoms with van der Waals surface area (Å²) in [6, 6.07) is 0. The number of aliphatic carboxylic acids is 1. The lowest BCUT2D eigenvalue weighted by atomic mass is 9.98. The van der Waals surface area contributed by atoms with Gasteiger partial charge in [0.05, 0.1) is 0 Å². The van der Waals surface area contributed by atoms with Gasteiger partial charge < -0.3 is 10.4 Å². The minimum absolute atomic E-state index is 0.478. The van der Waals surface area contributed by atoms with E-state index in [9.17, 15) is 9.90 Å². The van der Waals surface area contributed by atoms with Crippen LogP contribution in [-0.2, 0) is 11.3 Å². The standard InChI is InChI=1S/C10H18N4O2/c1-3-5-12-10(2,9(15)16)4-6-14-8-11-7-13-14/h7-8,12H,3-6H2,1-2H3,(H,15,16). The third-order valence-corrected chi connectivity index (χ3v) is 2.54. The van der Waals surface area contributed by atoms with E-state index in [4.69, 9.17) is 0 Å². The van der Waals surface area contributed by atoms with Crippen molar-refractivity contribution in [2.75, 3.05) is 6.54 Å². The van der Waals surface area contributed by atoms with Gasteiger partial charge in [0.25, 0.3) is 0 Å². The first kappa shape index (κ1) is 12.6. The fourth-order valence-electron chi connectivity index (χ4n) is 1.36. The van der Waals surface area contributed by atoms with Crippen LogP contribution in [0.15, 0.2) is 12.7 Å². The van der Waals surface area contributed by atoms with Crippen molar-refractivity contribution in [2.45, 2.75) is 38.8 Å². The molecular weight excluding hydrogens is 208 g/mol. The topological polar surface area (TPSA) is 80.0 Å². The molecule has 6 heteroatoms. The highest BCUT2D eigenvalue weighted by molar-refractivity contribution is 5.78. The number of nitrogens with one attached hydrogen (secondary N) is 1. The minimum atomic E-state index is -0.901. The maximum Gasteiger partial charge on any atom is 0.323 e. The molecular formula is C10H18N4O2. The van der Waals surface area contributed by atoms with E-state index < -0.39 is 11.5 Å². The van der Waals surface area contributed by atoms with Crippen molar-refractivity contribution in [3.05, 3.63) is 12.7 Å². The van der Waals surface area contributed by atoms with Crippen LogP contribution in [0.4, 0.5) is 0 Å². The second kappa shape index (κ2) is 5.60. The number of carboxylic acid groups (broad SMARTS) is 1. The van der Waals surface area contributed by atoms with Crippen LogP contribution in [-0.4, -0.2) is 37.9 Å². The Labute approximate surface area is 94.7 Å². The van der Waals surface area contributed by atoms with E-state index in [0.29, 0.717) is 19.5 Å². The van der Waals surface area contributed by atoms with Gasteiger partial charge in [-0.05, 0) is 26.3 Å². The average Bonchev–Trinajstić information content (AvgIpc) is 2.76. The molecule has 0 radical (unpaired) electrons. The first-order valence-corrected chi connectivity index (χ1v) is 5.39. The molecule has 1 rings (SSSR count). The summed E-state index contributed by atoms with van der Waals surface area (Å²) in [7, 11) is 0. The lowest BCUT2D eigenvalue weighted by Crippen LogP contribution is -2.50. The molecule has 90 valence electrons. The zero-order valence-corrected chi connectivity index (χ0v) is 9.68. The van der Waals surface area contributed by atoms with E-state index in [1.807, 2.05) is 6.92 Å². The highest BCUT2D eigenvalue weighted by atomic mass is 16.4. The molecule has 0 aliphatic rings. The predicted octanol–water partition coefficient (Wildman–Crippen LogP) is 0.511. The van der Waals surface area contributed by atoms with Gasteiger partial charge in [-0.15, -0.1) is 0 Å². The van der Waals surface area contributed by atoms with Crippen molar-refractivity contribution in [3.8, 4) is 0 Å². The Balaban J connectivity index is 2.53. The molecule has 16 heavy (non-hydrogen) atoms. The predicted molar refractivity (Wildman–Crippen MR) is 59.0 cm³/mol. The number of nitrogens with zero attached hydrogens (tertiary/aromatic N) is 3. The Hall–Kier alpha value is -1.43. The largest absolute Gasteiger partial charge is 0.480 e. The maximum atomic E-state index is 11.2. The molecule has 0 amide bonds. The minimum Gasteiger partial charge on any atom is -0.480 e. The van der Waals surface area contributed by atoms with Crippen molar-refractivity contribution in [1.82, 2.24) is 20.1 Å². The van der Waals surface area contributed by atoms with E-state index in [2.05, 4.69) is 15.4 Å². The van der Waals surface area contributed by atoms with Gasteiger partial charge >= 0.3 is 5.97 Å². The fraction of sp³-hybridized carbons (Fsp3) is 0.700. The van der Waals surface area contributed by atoms with Gasteiger partial charge in [0.2, 0.25) is 0 Å². The highest BCUT2D eigenvalue weighted by Crippen LogP contribution is 2.11. The quantitative estimate of drug-likeness (QED) is 0.708. The summed E-state index contributed by atoms with van der Waals surface area (Å²) >= 11 is 0. The van der Waals surface area contributed by atoms with E-state index >= 15 is 0 Å². The van der Waals surface area contributed by atoms with E-state index in [1.165, 1.54) is 6.33 Å². The van der Waals surface area contributed by atoms with Crippen LogP contribution in [0.2, 0.25) is 0 Å². The van der Waals surface area contributed by atoms with Crippen molar-refractivity contribution >= 4 is 5.97 Å². The molecule has 1 unspecified atom stereocenters. The van der Waals surface area contributed by atoms with E-state index in [0.717, 1.165) is 6.42 Å². The van der Waals surface area contributed by atoms with Crippen molar-refractivity contribution in [3.63, 3.8) is 0 Å². The molecule has 0 saturated heterocycles. The fourth-order valence-corrected chi connectivity index (χ4v) is 1.36. The number of aromatic nitrogens is 3. The Kier molecular flexibility index (Phi) is 4.42. The molecule has 0 aliphatic heterocycles. The first-order chi connectivity index (χ1) is 7.58. The Bertz CT molecular complexity index is 326. The molecule has 0 aromatic carbocycles. The first-order valence-electron chi connectivity index (χ1n) is 5.39. The molecule has 1 heterocycles. The third-order valence-electron chi connectivity index (χ3n) is 2.54. The van der Waals surface area contributed by atoms with Gasteiger partial charge in [0, 0.05) is 6.54 Å². The number of carboxylic acids is 1. The third kappa shape index (κ3) is 3.30. The van der Waals surface area contributed by atoms with Gasteiger partial charge in [-0.2, -0.15) is 5.10 Å². The van der Waals surface area contributed by atoms with Crippen LogP contribution in [0.25, 0.3) is 0 Å². The molecule has 2 N–H and O–H groups in total. The SMILES string of the molecule is CCCNC(C)(CCn1cncn1)C(=O)O. The molecule has 0 saturated carbocycles. The average molecular weight is 226 g/mol. The number of rotatable bonds is 7. The lowest BCUT2D eigenvalue weighted by molar-refractivity contribution is -0.144. The van der Waals surface area contributed by atoms with Crippen molar-refractivity contribution in [2.24, 2.45) is 0 Å². The number of hydrogen-bond donors (Lipinski definition) is 2. The Morgan fingerprint density at radius 1 is 1.62 bits per heavy atom. The molecule has 0 bridgehead atoms. The Morgan fingerprint density at radius 2 is 2.38 bits per heavy atom. The number of hydrogen-bond acceptors (Lipinski definition) is 4. The van der Waals surface area contributed by atoms with Crippen LogP contribution in [0.1, 0.15) is 26.7 Å². The summed E-state index contributed by atoms with van der Waals surface area (Å²) in [5.41, 5.74) is -0.901. The monoisotopic (exact) mass is 226 g/mol. The van der Waals surface area contributed by atoms with Gasteiger partial charge in [-0.3, -0.25) is 9.48 Å². The van der Waals surface area contributed by atoms with Gasteiger partial charge in [-0.25, -0.2) is 4.98 Å². The van der Waals surface area contributed by atoms with Gasteiger partial charge in [0.15, 0.2) is 0 Å². The Morgan fingerprint density at radius 3 is 2.88 bits per heavy atom. The maximum absolute atomic E-state index is 11.2. The smallest absolute Gasteiger partial charge is 0.323 e. The van der Waals surface area contributed by atoms with Crippen LogP contribution in [0.5, 0.6) is 0 Å². The molecule has 0 aliphatic carbocycles. The zero-order chi connectivity index (χ0) is 12.0. The molecule has 6 nitrogen and oxygen atoms in total. The zero-order valence-electron chi connectivity index (χ0n) is 9.68. The number of carbonyl (C=O) groups is 1. The van der Waals surface area contributed by atoms with Gasteiger partial charge in [-0.1, -0.05) is 6.92 Å². The summed E-state index contributed by atoms with van der Waals surface area (Å²) in [5, 5.41) is 16.2. The normalized spacial score (nSPS) is 14.6. The second-order valence-electron chi connectivity index (χ2n) is 3.97. The summed E-state index contributed by atoms with van der Waals surface area (Å²) in [6.07, 6.45) is 4.41. The van der Waals surface area contributed by atoms with Crippen LogP contribution in [0, 0.1) is 0 Å². The number of aryl methyl sites for hydroxylation is 1. The summed E-state index contributed by atoms with van der Waals surface area (Å²) in [5.74, 6) is -0.832. The highest BCUT2D eigenvalue weighted by Gasteiger charge is 2.31. The molecule has 1 aromatic heterocycles. The van der Waals surface area contributed by atoms with Crippen molar-refractivity contribution in [1.29, 1.82) is 0 Å². The van der Waals surface area contributed by atoms with Gasteiger partial charge in [0.1, 0.15) is 18.2 Å². The summed E-state index contributed by atoms with van der Waals surface area (Å²) in [6.45, 7) is 4.94. The molecule has 1 aromatic rings. The summed E-state index contributed by atoms with van der Waals surface area (Å²) < 4.78 is 1.63. The lowest BCUT2D eigenvalue weighted by Gasteiger charge is -2.26. The van der Waals surface area contributed by atoms with E-state index in [-0.39, 0.29) is 0 Å². The van der Waals surface area contributed by atoms with E-state index in [1.54, 1.807) is 17.9 Å². The molecule has 0 fully saturated rings. The summed E-state index contributed by atoms with van der Waals surface area (Å²) in [4.78, 5) is 15.0.